The van der Waals surface area contributed by atoms with Gasteiger partial charge in [0, 0.05) is 43.8 Å². The first-order valence-electron chi connectivity index (χ1n) is 10.6. The van der Waals surface area contributed by atoms with Crippen molar-refractivity contribution in [3.05, 3.63) is 48.0 Å². The van der Waals surface area contributed by atoms with Gasteiger partial charge in [0.1, 0.15) is 5.75 Å². The highest BCUT2D eigenvalue weighted by Gasteiger charge is 2.26. The zero-order chi connectivity index (χ0) is 21.1. The fourth-order valence-electron chi connectivity index (χ4n) is 3.88. The Bertz CT molecular complexity index is 845. The van der Waals surface area contributed by atoms with Crippen LogP contribution >= 0.6 is 0 Å². The average Bonchev–Trinajstić information content (AvgIpc) is 2.92. The van der Waals surface area contributed by atoms with Gasteiger partial charge in [-0.15, -0.1) is 0 Å². The van der Waals surface area contributed by atoms with Gasteiger partial charge in [-0.3, -0.25) is 4.90 Å². The van der Waals surface area contributed by atoms with Crippen LogP contribution in [0.3, 0.4) is 0 Å². The van der Waals surface area contributed by atoms with E-state index in [1.807, 2.05) is 30.3 Å². The predicted octanol–water partition coefficient (Wildman–Crippen LogP) is 3.35. The van der Waals surface area contributed by atoms with Gasteiger partial charge < -0.3 is 24.2 Å². The summed E-state index contributed by atoms with van der Waals surface area (Å²) < 4.78 is 17.1. The highest BCUT2D eigenvalue weighted by molar-refractivity contribution is 5.49. The number of fused-ring (bicyclic) bond motifs is 1. The Morgan fingerprint density at radius 2 is 1.63 bits per heavy atom. The van der Waals surface area contributed by atoms with E-state index in [4.69, 9.17) is 14.2 Å². The fourth-order valence-corrected chi connectivity index (χ4v) is 3.88. The van der Waals surface area contributed by atoms with Crippen LogP contribution in [-0.4, -0.2) is 63.1 Å². The lowest BCUT2D eigenvalue weighted by Gasteiger charge is -2.37. The van der Waals surface area contributed by atoms with E-state index in [1.165, 1.54) is 5.69 Å². The number of ether oxygens (including phenoxy) is 3. The number of anilines is 1. The van der Waals surface area contributed by atoms with Crippen LogP contribution in [-0.2, 0) is 0 Å². The molecule has 2 aromatic carbocycles. The summed E-state index contributed by atoms with van der Waals surface area (Å²) in [5, 5.41) is 10.8. The van der Waals surface area contributed by atoms with Crippen molar-refractivity contribution in [1.29, 1.82) is 0 Å². The first-order valence-corrected chi connectivity index (χ1v) is 10.6. The van der Waals surface area contributed by atoms with Crippen LogP contribution in [0.4, 0.5) is 5.69 Å². The van der Waals surface area contributed by atoms with E-state index in [2.05, 4.69) is 35.8 Å². The fraction of sp³-hybridized carbons (Fsp3) is 0.500. The van der Waals surface area contributed by atoms with E-state index in [0.717, 1.165) is 49.0 Å². The molecule has 0 aliphatic carbocycles. The SMILES string of the molecule is COc1ccc(N2CCN(CC(O)c3ccc4c(c3)OCC(C)(C)CO4)CC2)cc1. The van der Waals surface area contributed by atoms with Crippen molar-refractivity contribution in [3.63, 3.8) is 0 Å². The van der Waals surface area contributed by atoms with Crippen molar-refractivity contribution in [3.8, 4) is 17.2 Å². The van der Waals surface area contributed by atoms with Crippen LogP contribution in [0.2, 0.25) is 0 Å². The first kappa shape index (κ1) is 20.8. The van der Waals surface area contributed by atoms with E-state index in [0.29, 0.717) is 19.8 Å². The molecule has 4 rings (SSSR count). The van der Waals surface area contributed by atoms with Gasteiger partial charge in [0.2, 0.25) is 0 Å². The van der Waals surface area contributed by atoms with Crippen molar-refractivity contribution in [2.24, 2.45) is 5.41 Å². The second kappa shape index (κ2) is 8.74. The maximum atomic E-state index is 10.8. The Hall–Kier alpha value is -2.44. The highest BCUT2D eigenvalue weighted by atomic mass is 16.5. The molecule has 2 heterocycles. The van der Waals surface area contributed by atoms with Crippen molar-refractivity contribution >= 4 is 5.69 Å². The summed E-state index contributed by atoms with van der Waals surface area (Å²) in [4.78, 5) is 4.69. The molecule has 1 fully saturated rings. The molecular weight excluding hydrogens is 380 g/mol. The van der Waals surface area contributed by atoms with Crippen molar-refractivity contribution in [1.82, 2.24) is 4.90 Å². The van der Waals surface area contributed by atoms with E-state index in [9.17, 15) is 5.11 Å². The second-order valence-electron chi connectivity index (χ2n) is 8.95. The van der Waals surface area contributed by atoms with Crippen molar-refractivity contribution in [2.75, 3.05) is 57.9 Å². The number of benzene rings is 2. The Balaban J connectivity index is 1.33. The predicted molar refractivity (Wildman–Crippen MR) is 118 cm³/mol. The maximum Gasteiger partial charge on any atom is 0.161 e. The highest BCUT2D eigenvalue weighted by Crippen LogP contribution is 2.35. The number of β-amino-alcohol motifs (C(OH)–C–C–N with tert-alkyl or cyclic N) is 1. The number of aliphatic hydroxyl groups is 1. The Kier molecular flexibility index (Phi) is 6.06. The quantitative estimate of drug-likeness (QED) is 0.813. The standard InChI is InChI=1S/C24H32N2O4/c1-24(2)16-29-22-9-4-18(14-23(22)30-17-24)21(27)15-25-10-12-26(13-11-25)19-5-7-20(28-3)8-6-19/h4-9,14,21,27H,10-13,15-17H2,1-3H3. The molecule has 6 heteroatoms. The second-order valence-corrected chi connectivity index (χ2v) is 8.95. The molecule has 1 saturated heterocycles. The largest absolute Gasteiger partial charge is 0.497 e. The maximum absolute atomic E-state index is 10.8. The van der Waals surface area contributed by atoms with E-state index < -0.39 is 6.10 Å². The Morgan fingerprint density at radius 3 is 2.30 bits per heavy atom. The van der Waals surface area contributed by atoms with E-state index in [-0.39, 0.29) is 5.41 Å². The zero-order valence-corrected chi connectivity index (χ0v) is 18.1. The number of hydrogen-bond donors (Lipinski definition) is 1. The minimum Gasteiger partial charge on any atom is -0.497 e. The third-order valence-electron chi connectivity index (χ3n) is 5.83. The molecule has 0 spiro atoms. The third-order valence-corrected chi connectivity index (χ3v) is 5.83. The molecule has 0 saturated carbocycles. The molecule has 162 valence electrons. The number of rotatable bonds is 5. The summed E-state index contributed by atoms with van der Waals surface area (Å²) in [5.41, 5.74) is 2.05. The minimum absolute atomic E-state index is 0.0264. The summed E-state index contributed by atoms with van der Waals surface area (Å²) in [5.74, 6) is 2.35. The Labute approximate surface area is 179 Å². The monoisotopic (exact) mass is 412 g/mol. The summed E-state index contributed by atoms with van der Waals surface area (Å²) in [7, 11) is 1.68. The van der Waals surface area contributed by atoms with Gasteiger partial charge >= 0.3 is 0 Å². The van der Waals surface area contributed by atoms with E-state index >= 15 is 0 Å². The molecular formula is C24H32N2O4. The summed E-state index contributed by atoms with van der Waals surface area (Å²) >= 11 is 0. The third kappa shape index (κ3) is 4.82. The van der Waals surface area contributed by atoms with Gasteiger partial charge in [-0.25, -0.2) is 0 Å². The normalized spacial score (nSPS) is 19.8. The lowest BCUT2D eigenvalue weighted by Crippen LogP contribution is -2.47. The molecule has 0 radical (unpaired) electrons. The molecule has 1 atom stereocenters. The smallest absolute Gasteiger partial charge is 0.161 e. The molecule has 1 unspecified atom stereocenters. The molecule has 2 aliphatic rings. The topological polar surface area (TPSA) is 54.4 Å². The van der Waals surface area contributed by atoms with Gasteiger partial charge in [0.05, 0.1) is 26.4 Å². The van der Waals surface area contributed by atoms with Crippen LogP contribution in [0.15, 0.2) is 42.5 Å². The van der Waals surface area contributed by atoms with Gasteiger partial charge in [0.15, 0.2) is 11.5 Å². The van der Waals surface area contributed by atoms with Gasteiger partial charge in [-0.05, 0) is 42.0 Å². The lowest BCUT2D eigenvalue weighted by atomic mass is 9.97. The molecule has 6 nitrogen and oxygen atoms in total. The number of piperazine rings is 1. The summed E-state index contributed by atoms with van der Waals surface area (Å²) in [6, 6.07) is 14.0. The number of nitrogens with zero attached hydrogens (tertiary/aromatic N) is 2. The van der Waals surface area contributed by atoms with Gasteiger partial charge in [-0.1, -0.05) is 19.9 Å². The molecule has 2 aliphatic heterocycles. The van der Waals surface area contributed by atoms with Crippen LogP contribution in [0.5, 0.6) is 17.2 Å². The Morgan fingerprint density at radius 1 is 0.967 bits per heavy atom. The first-order chi connectivity index (χ1) is 14.4. The molecule has 0 amide bonds. The van der Waals surface area contributed by atoms with Gasteiger partial charge in [0.25, 0.3) is 0 Å². The zero-order valence-electron chi connectivity index (χ0n) is 18.1. The molecule has 30 heavy (non-hydrogen) atoms. The number of aliphatic hydroxyl groups excluding tert-OH is 1. The summed E-state index contributed by atoms with van der Waals surface area (Å²) in [6.45, 7) is 9.81. The van der Waals surface area contributed by atoms with Gasteiger partial charge in [-0.2, -0.15) is 0 Å². The number of methoxy groups -OCH3 is 1. The number of hydrogen-bond acceptors (Lipinski definition) is 6. The van der Waals surface area contributed by atoms with Crippen molar-refractivity contribution < 1.29 is 19.3 Å². The van der Waals surface area contributed by atoms with Crippen LogP contribution in [0, 0.1) is 5.41 Å². The minimum atomic E-state index is -0.553. The molecule has 0 aromatic heterocycles. The van der Waals surface area contributed by atoms with Crippen LogP contribution in [0.1, 0.15) is 25.5 Å². The molecule has 1 N–H and O–H groups in total. The lowest BCUT2D eigenvalue weighted by molar-refractivity contribution is 0.109. The van der Waals surface area contributed by atoms with Crippen molar-refractivity contribution in [2.45, 2.75) is 20.0 Å². The molecule has 0 bridgehead atoms. The average molecular weight is 413 g/mol. The summed E-state index contributed by atoms with van der Waals surface area (Å²) in [6.07, 6.45) is -0.553. The van der Waals surface area contributed by atoms with E-state index in [1.54, 1.807) is 7.11 Å². The van der Waals surface area contributed by atoms with Crippen LogP contribution in [0.25, 0.3) is 0 Å². The van der Waals surface area contributed by atoms with Crippen LogP contribution < -0.4 is 19.1 Å². The molecule has 2 aromatic rings.